The molecule has 0 saturated heterocycles. The lowest BCUT2D eigenvalue weighted by Gasteiger charge is -2.10. The van der Waals surface area contributed by atoms with Gasteiger partial charge < -0.3 is 10.9 Å². The molecule has 0 aliphatic heterocycles. The summed E-state index contributed by atoms with van der Waals surface area (Å²) in [6.45, 7) is 4.01. The van der Waals surface area contributed by atoms with Crippen LogP contribution in [0.15, 0.2) is 49.8 Å². The third-order valence-electron chi connectivity index (χ3n) is 2.98. The molecule has 0 unspecified atom stereocenters. The van der Waals surface area contributed by atoms with Crippen LogP contribution >= 0.6 is 27.7 Å². The topological polar surface area (TPSA) is 58.6 Å². The summed E-state index contributed by atoms with van der Waals surface area (Å²) in [4.78, 5) is 1.46. The van der Waals surface area contributed by atoms with Crippen LogP contribution < -0.4 is 5.73 Å². The van der Waals surface area contributed by atoms with Crippen molar-refractivity contribution in [3.63, 3.8) is 0 Å². The summed E-state index contributed by atoms with van der Waals surface area (Å²) in [5.41, 5.74) is 8.08. The molecule has 0 saturated carbocycles. The minimum absolute atomic E-state index is 0.135. The summed E-state index contributed by atoms with van der Waals surface area (Å²) >= 11 is 4.50. The van der Waals surface area contributed by atoms with Crippen LogP contribution in [-0.4, -0.2) is 11.0 Å². The largest absolute Gasteiger partial charge is 0.409 e. The summed E-state index contributed by atoms with van der Waals surface area (Å²) in [6.07, 6.45) is 0. The highest BCUT2D eigenvalue weighted by atomic mass is 79.9. The molecule has 2 aromatic rings. The van der Waals surface area contributed by atoms with Crippen LogP contribution in [0.3, 0.4) is 0 Å². The summed E-state index contributed by atoms with van der Waals surface area (Å²) < 4.78 is 14.6. The van der Waals surface area contributed by atoms with Crippen LogP contribution in [0, 0.1) is 19.7 Å². The van der Waals surface area contributed by atoms with Gasteiger partial charge >= 0.3 is 0 Å². The molecule has 2 rings (SSSR count). The Hall–Kier alpha value is -1.53. The summed E-state index contributed by atoms with van der Waals surface area (Å²) in [6, 6.07) is 9.26. The van der Waals surface area contributed by atoms with E-state index in [0.29, 0.717) is 10.5 Å². The van der Waals surface area contributed by atoms with Gasteiger partial charge in [0.1, 0.15) is 0 Å². The minimum atomic E-state index is -0.427. The lowest BCUT2D eigenvalue weighted by Crippen LogP contribution is -2.14. The third-order valence-corrected chi connectivity index (χ3v) is 4.97. The molecule has 0 fully saturated rings. The van der Waals surface area contributed by atoms with Gasteiger partial charge in [-0.25, -0.2) is 4.39 Å². The zero-order valence-electron chi connectivity index (χ0n) is 11.5. The van der Waals surface area contributed by atoms with E-state index in [4.69, 9.17) is 10.9 Å². The average molecular weight is 369 g/mol. The summed E-state index contributed by atoms with van der Waals surface area (Å²) in [7, 11) is 0. The van der Waals surface area contributed by atoms with Crippen LogP contribution in [0.25, 0.3) is 0 Å². The van der Waals surface area contributed by atoms with E-state index in [1.54, 1.807) is 12.1 Å². The maximum Gasteiger partial charge on any atom is 0.171 e. The lowest BCUT2D eigenvalue weighted by molar-refractivity contribution is 0.318. The zero-order valence-corrected chi connectivity index (χ0v) is 13.9. The number of nitrogens with two attached hydrogens (primary N) is 1. The molecule has 0 aliphatic carbocycles. The number of hydrogen-bond donors (Lipinski definition) is 2. The smallest absolute Gasteiger partial charge is 0.171 e. The van der Waals surface area contributed by atoms with Gasteiger partial charge in [-0.3, -0.25) is 0 Å². The highest BCUT2D eigenvalue weighted by Crippen LogP contribution is 2.36. The molecule has 21 heavy (non-hydrogen) atoms. The van der Waals surface area contributed by atoms with Gasteiger partial charge in [0.05, 0.1) is 4.47 Å². The van der Waals surface area contributed by atoms with Crippen LogP contribution in [0.5, 0.6) is 0 Å². The van der Waals surface area contributed by atoms with Crippen molar-refractivity contribution >= 4 is 33.5 Å². The highest BCUT2D eigenvalue weighted by Gasteiger charge is 2.15. The van der Waals surface area contributed by atoms with E-state index in [-0.39, 0.29) is 10.3 Å². The minimum Gasteiger partial charge on any atom is -0.409 e. The van der Waals surface area contributed by atoms with Gasteiger partial charge in [-0.2, -0.15) is 0 Å². The Kier molecular flexibility index (Phi) is 4.90. The zero-order chi connectivity index (χ0) is 15.6. The first kappa shape index (κ1) is 15.9. The van der Waals surface area contributed by atoms with Crippen molar-refractivity contribution in [3.05, 3.63) is 57.3 Å². The number of nitrogens with zero attached hydrogens (tertiary/aromatic N) is 1. The first-order valence-corrected chi connectivity index (χ1v) is 7.76. The van der Waals surface area contributed by atoms with E-state index in [1.165, 1.54) is 17.3 Å². The molecule has 3 N–H and O–H groups in total. The van der Waals surface area contributed by atoms with Gasteiger partial charge in [-0.05, 0) is 53.5 Å². The average Bonchev–Trinajstić information content (AvgIpc) is 2.46. The monoisotopic (exact) mass is 368 g/mol. The number of halogens is 2. The number of benzene rings is 2. The standard InChI is InChI=1S/C15H14BrFN2OS/c1-8-3-5-11(9(2)7-8)21-12-6-4-10(15(18)19-20)13(16)14(12)17/h3-7,20H,1-2H3,(H2,18,19). The maximum absolute atomic E-state index is 14.4. The van der Waals surface area contributed by atoms with Crippen molar-refractivity contribution in [3.8, 4) is 0 Å². The number of oxime groups is 1. The SMILES string of the molecule is Cc1ccc(Sc2ccc(/C(N)=N/O)c(Br)c2F)c(C)c1. The maximum atomic E-state index is 14.4. The molecular weight excluding hydrogens is 355 g/mol. The molecule has 0 spiro atoms. The summed E-state index contributed by atoms with van der Waals surface area (Å²) in [5.74, 6) is -0.562. The fourth-order valence-electron chi connectivity index (χ4n) is 1.89. The number of hydrogen-bond acceptors (Lipinski definition) is 3. The van der Waals surface area contributed by atoms with Gasteiger partial charge in [-0.1, -0.05) is 34.6 Å². The van der Waals surface area contributed by atoms with E-state index in [0.717, 1.165) is 10.5 Å². The Morgan fingerprint density at radius 1 is 1.24 bits per heavy atom. The van der Waals surface area contributed by atoms with Gasteiger partial charge in [0.25, 0.3) is 0 Å². The first-order chi connectivity index (χ1) is 9.93. The molecule has 0 atom stereocenters. The van der Waals surface area contributed by atoms with E-state index >= 15 is 0 Å². The second-order valence-electron chi connectivity index (χ2n) is 4.60. The molecular formula is C15H14BrFN2OS. The fourth-order valence-corrected chi connectivity index (χ4v) is 3.50. The number of aryl methyl sites for hydroxylation is 2. The second-order valence-corrected chi connectivity index (χ2v) is 6.47. The van der Waals surface area contributed by atoms with E-state index < -0.39 is 5.82 Å². The Morgan fingerprint density at radius 3 is 2.52 bits per heavy atom. The van der Waals surface area contributed by atoms with Gasteiger partial charge in [-0.15, -0.1) is 0 Å². The Balaban J connectivity index is 2.40. The number of rotatable bonds is 3. The molecule has 0 aromatic heterocycles. The van der Waals surface area contributed by atoms with E-state index in [2.05, 4.69) is 27.2 Å². The quantitative estimate of drug-likeness (QED) is 0.364. The first-order valence-electron chi connectivity index (χ1n) is 6.15. The number of amidine groups is 1. The van der Waals surface area contributed by atoms with Crippen molar-refractivity contribution in [2.24, 2.45) is 10.9 Å². The predicted molar refractivity (Wildman–Crippen MR) is 86.6 cm³/mol. The molecule has 3 nitrogen and oxygen atoms in total. The molecule has 110 valence electrons. The van der Waals surface area contributed by atoms with Crippen LogP contribution in [-0.2, 0) is 0 Å². The molecule has 0 bridgehead atoms. The van der Waals surface area contributed by atoms with Crippen molar-refractivity contribution in [2.45, 2.75) is 23.6 Å². The van der Waals surface area contributed by atoms with Gasteiger partial charge in [0.15, 0.2) is 11.7 Å². The van der Waals surface area contributed by atoms with E-state index in [9.17, 15) is 4.39 Å². The van der Waals surface area contributed by atoms with Crippen molar-refractivity contribution in [1.29, 1.82) is 0 Å². The predicted octanol–water partition coefficient (Wildman–Crippen LogP) is 4.45. The van der Waals surface area contributed by atoms with E-state index in [1.807, 2.05) is 26.0 Å². The van der Waals surface area contributed by atoms with Crippen LogP contribution in [0.2, 0.25) is 0 Å². The summed E-state index contributed by atoms with van der Waals surface area (Å²) in [5, 5.41) is 11.6. The Labute approximate surface area is 135 Å². The van der Waals surface area contributed by atoms with Crippen molar-refractivity contribution in [2.75, 3.05) is 0 Å². The van der Waals surface area contributed by atoms with Crippen molar-refractivity contribution < 1.29 is 9.60 Å². The molecule has 2 aromatic carbocycles. The molecule has 6 heteroatoms. The third kappa shape index (κ3) is 3.39. The highest BCUT2D eigenvalue weighted by molar-refractivity contribution is 9.10. The second kappa shape index (κ2) is 6.49. The van der Waals surface area contributed by atoms with Gasteiger partial charge in [0.2, 0.25) is 0 Å². The Bertz CT molecular complexity index is 719. The van der Waals surface area contributed by atoms with Gasteiger partial charge in [0, 0.05) is 15.4 Å². The van der Waals surface area contributed by atoms with Crippen LogP contribution in [0.1, 0.15) is 16.7 Å². The lowest BCUT2D eigenvalue weighted by atomic mass is 10.2. The fraction of sp³-hybridized carbons (Fsp3) is 0.133. The normalized spacial score (nSPS) is 11.7. The van der Waals surface area contributed by atoms with Crippen LogP contribution in [0.4, 0.5) is 4.39 Å². The molecule has 0 heterocycles. The molecule has 0 aliphatic rings. The Morgan fingerprint density at radius 2 is 1.90 bits per heavy atom. The molecule has 0 radical (unpaired) electrons. The molecule has 0 amide bonds. The van der Waals surface area contributed by atoms with Crippen molar-refractivity contribution in [1.82, 2.24) is 0 Å².